The summed E-state index contributed by atoms with van der Waals surface area (Å²) < 4.78 is 7.48. The molecule has 0 amide bonds. The van der Waals surface area contributed by atoms with E-state index in [0.29, 0.717) is 6.61 Å². The van der Waals surface area contributed by atoms with Crippen LogP contribution in [-0.4, -0.2) is 6.61 Å². The third kappa shape index (κ3) is 1.77. The van der Waals surface area contributed by atoms with Gasteiger partial charge >= 0.3 is 0 Å². The number of fused-ring (bicyclic) bond motifs is 2. The van der Waals surface area contributed by atoms with Gasteiger partial charge in [0.05, 0.1) is 6.61 Å². The summed E-state index contributed by atoms with van der Waals surface area (Å²) in [6.45, 7) is 2.54. The van der Waals surface area contributed by atoms with Gasteiger partial charge in [0, 0.05) is 20.2 Å². The molecule has 0 radical (unpaired) electrons. The second-order valence-electron chi connectivity index (χ2n) is 4.02. The van der Waals surface area contributed by atoms with Crippen LogP contribution in [0.5, 0.6) is 5.75 Å². The minimum absolute atomic E-state index is 0.0842. The summed E-state index contributed by atoms with van der Waals surface area (Å²) in [5, 5.41) is 1.52. The second kappa shape index (κ2) is 4.42. The SMILES string of the molecule is CCOc1ccc2sc3ccccc3c(=O)c2c1. The van der Waals surface area contributed by atoms with E-state index >= 15 is 0 Å². The Morgan fingerprint density at radius 3 is 2.67 bits per heavy atom. The van der Waals surface area contributed by atoms with Gasteiger partial charge in [-0.1, -0.05) is 12.1 Å². The van der Waals surface area contributed by atoms with E-state index in [-0.39, 0.29) is 5.43 Å². The molecule has 2 nitrogen and oxygen atoms in total. The molecule has 3 heteroatoms. The highest BCUT2D eigenvalue weighted by molar-refractivity contribution is 7.24. The highest BCUT2D eigenvalue weighted by atomic mass is 32.1. The van der Waals surface area contributed by atoms with Crippen LogP contribution in [0.25, 0.3) is 20.2 Å². The van der Waals surface area contributed by atoms with E-state index in [4.69, 9.17) is 4.74 Å². The van der Waals surface area contributed by atoms with E-state index in [1.807, 2.05) is 49.4 Å². The molecule has 2 aromatic carbocycles. The van der Waals surface area contributed by atoms with Crippen LogP contribution in [0.2, 0.25) is 0 Å². The Labute approximate surface area is 108 Å². The lowest BCUT2D eigenvalue weighted by Crippen LogP contribution is -2.01. The quantitative estimate of drug-likeness (QED) is 0.652. The Bertz CT molecular complexity index is 774. The van der Waals surface area contributed by atoms with Gasteiger partial charge in [-0.3, -0.25) is 4.79 Å². The van der Waals surface area contributed by atoms with Crippen molar-refractivity contribution in [2.45, 2.75) is 6.92 Å². The summed E-state index contributed by atoms with van der Waals surface area (Å²) >= 11 is 1.64. The monoisotopic (exact) mass is 256 g/mol. The first-order valence-corrected chi connectivity index (χ1v) is 6.69. The minimum atomic E-state index is 0.0842. The van der Waals surface area contributed by atoms with E-state index in [2.05, 4.69) is 0 Å². The predicted octanol–water partition coefficient (Wildman–Crippen LogP) is 3.81. The molecule has 3 rings (SSSR count). The van der Waals surface area contributed by atoms with E-state index in [9.17, 15) is 4.79 Å². The predicted molar refractivity (Wildman–Crippen MR) is 76.8 cm³/mol. The fourth-order valence-corrected chi connectivity index (χ4v) is 3.09. The van der Waals surface area contributed by atoms with Gasteiger partial charge < -0.3 is 4.74 Å². The molecule has 1 heterocycles. The van der Waals surface area contributed by atoms with Gasteiger partial charge in [-0.2, -0.15) is 0 Å². The Hall–Kier alpha value is -1.87. The fraction of sp³-hybridized carbons (Fsp3) is 0.133. The zero-order valence-corrected chi connectivity index (χ0v) is 10.8. The van der Waals surface area contributed by atoms with Gasteiger partial charge in [0.15, 0.2) is 5.43 Å². The van der Waals surface area contributed by atoms with Crippen LogP contribution in [0.1, 0.15) is 6.92 Å². The third-order valence-electron chi connectivity index (χ3n) is 2.86. The standard InChI is InChI=1S/C15H12O2S/c1-2-17-10-7-8-14-12(9-10)15(16)11-5-3-4-6-13(11)18-14/h3-9H,2H2,1H3. The Morgan fingerprint density at radius 1 is 1.06 bits per heavy atom. The summed E-state index contributed by atoms with van der Waals surface area (Å²) in [6, 6.07) is 13.4. The van der Waals surface area contributed by atoms with E-state index < -0.39 is 0 Å². The van der Waals surface area contributed by atoms with Crippen LogP contribution in [0.15, 0.2) is 47.3 Å². The zero-order valence-electron chi connectivity index (χ0n) is 9.97. The number of hydrogen-bond donors (Lipinski definition) is 0. The van der Waals surface area contributed by atoms with Gasteiger partial charge in [-0.25, -0.2) is 0 Å². The average Bonchev–Trinajstić information content (AvgIpc) is 2.40. The smallest absolute Gasteiger partial charge is 0.196 e. The summed E-state index contributed by atoms with van der Waals surface area (Å²) in [4.78, 5) is 12.4. The first-order valence-electron chi connectivity index (χ1n) is 5.88. The van der Waals surface area contributed by atoms with Crippen LogP contribution in [0.4, 0.5) is 0 Å². The maximum absolute atomic E-state index is 12.4. The number of ether oxygens (including phenoxy) is 1. The van der Waals surface area contributed by atoms with Crippen molar-refractivity contribution in [3.05, 3.63) is 52.7 Å². The summed E-state index contributed by atoms with van der Waals surface area (Å²) in [5.74, 6) is 0.754. The van der Waals surface area contributed by atoms with E-state index in [0.717, 1.165) is 25.9 Å². The molecule has 90 valence electrons. The van der Waals surface area contributed by atoms with Crippen molar-refractivity contribution in [3.8, 4) is 5.75 Å². The van der Waals surface area contributed by atoms with Crippen LogP contribution in [0, 0.1) is 0 Å². The number of hydrogen-bond acceptors (Lipinski definition) is 3. The highest BCUT2D eigenvalue weighted by Crippen LogP contribution is 2.27. The van der Waals surface area contributed by atoms with Crippen molar-refractivity contribution in [1.82, 2.24) is 0 Å². The first kappa shape index (κ1) is 11.2. The summed E-state index contributed by atoms with van der Waals surface area (Å²) in [5.41, 5.74) is 0.0842. The van der Waals surface area contributed by atoms with Crippen molar-refractivity contribution in [1.29, 1.82) is 0 Å². The van der Waals surface area contributed by atoms with Crippen molar-refractivity contribution < 1.29 is 4.74 Å². The lowest BCUT2D eigenvalue weighted by Gasteiger charge is -2.05. The molecule has 0 fully saturated rings. The largest absolute Gasteiger partial charge is 0.494 e. The molecule has 1 aromatic heterocycles. The molecular formula is C15H12O2S. The van der Waals surface area contributed by atoms with Gasteiger partial charge in [-0.15, -0.1) is 11.3 Å². The molecule has 0 saturated carbocycles. The lowest BCUT2D eigenvalue weighted by atomic mass is 10.2. The molecule has 0 aliphatic rings. The molecule has 0 aliphatic heterocycles. The molecule has 0 atom stereocenters. The third-order valence-corrected chi connectivity index (χ3v) is 4.01. The highest BCUT2D eigenvalue weighted by Gasteiger charge is 2.06. The normalized spacial score (nSPS) is 10.9. The number of rotatable bonds is 2. The molecule has 3 aromatic rings. The van der Waals surface area contributed by atoms with Crippen LogP contribution >= 0.6 is 11.3 Å². The first-order chi connectivity index (χ1) is 8.79. The molecule has 0 N–H and O–H groups in total. The minimum Gasteiger partial charge on any atom is -0.494 e. The maximum Gasteiger partial charge on any atom is 0.196 e. The lowest BCUT2D eigenvalue weighted by molar-refractivity contribution is 0.341. The van der Waals surface area contributed by atoms with Crippen molar-refractivity contribution in [2.75, 3.05) is 6.61 Å². The van der Waals surface area contributed by atoms with E-state index in [1.54, 1.807) is 11.3 Å². The van der Waals surface area contributed by atoms with E-state index in [1.165, 1.54) is 0 Å². The molecule has 0 spiro atoms. The average molecular weight is 256 g/mol. The van der Waals surface area contributed by atoms with Crippen molar-refractivity contribution >= 4 is 31.5 Å². The zero-order chi connectivity index (χ0) is 12.5. The van der Waals surface area contributed by atoms with Gasteiger partial charge in [0.25, 0.3) is 0 Å². The van der Waals surface area contributed by atoms with Gasteiger partial charge in [0.2, 0.25) is 0 Å². The van der Waals surface area contributed by atoms with Crippen molar-refractivity contribution in [2.24, 2.45) is 0 Å². The molecule has 0 bridgehead atoms. The van der Waals surface area contributed by atoms with Crippen molar-refractivity contribution in [3.63, 3.8) is 0 Å². The summed E-state index contributed by atoms with van der Waals surface area (Å²) in [7, 11) is 0. The molecule has 18 heavy (non-hydrogen) atoms. The Kier molecular flexibility index (Phi) is 2.76. The molecular weight excluding hydrogens is 244 g/mol. The molecule has 0 aliphatic carbocycles. The van der Waals surface area contributed by atoms with Crippen LogP contribution in [-0.2, 0) is 0 Å². The maximum atomic E-state index is 12.4. The van der Waals surface area contributed by atoms with Crippen LogP contribution in [0.3, 0.4) is 0 Å². The second-order valence-corrected chi connectivity index (χ2v) is 5.10. The fourth-order valence-electron chi connectivity index (χ4n) is 2.04. The number of benzene rings is 2. The Balaban J connectivity index is 2.38. The molecule has 0 unspecified atom stereocenters. The van der Waals surface area contributed by atoms with Gasteiger partial charge in [-0.05, 0) is 37.3 Å². The summed E-state index contributed by atoms with van der Waals surface area (Å²) in [6.07, 6.45) is 0. The molecule has 0 saturated heterocycles. The Morgan fingerprint density at radius 2 is 1.83 bits per heavy atom. The van der Waals surface area contributed by atoms with Gasteiger partial charge in [0.1, 0.15) is 5.75 Å². The van der Waals surface area contributed by atoms with Crippen LogP contribution < -0.4 is 10.2 Å². The topological polar surface area (TPSA) is 26.3 Å².